The fraction of sp³-hybridized carbons (Fsp3) is 0.216. The highest BCUT2D eigenvalue weighted by Gasteiger charge is 2.34. The molecule has 1 aliphatic heterocycles. The normalized spacial score (nSPS) is 13.4. The van der Waals surface area contributed by atoms with Gasteiger partial charge in [0.25, 0.3) is 0 Å². The number of benzene rings is 3. The molecule has 8 nitrogen and oxygen atoms in total. The van der Waals surface area contributed by atoms with Gasteiger partial charge < -0.3 is 9.80 Å². The summed E-state index contributed by atoms with van der Waals surface area (Å²) in [5, 5.41) is 4.31. The van der Waals surface area contributed by atoms with Crippen molar-refractivity contribution in [2.45, 2.75) is 38.9 Å². The summed E-state index contributed by atoms with van der Waals surface area (Å²) < 4.78 is 1.77. The van der Waals surface area contributed by atoms with Crippen molar-refractivity contribution in [3.8, 4) is 11.3 Å². The van der Waals surface area contributed by atoms with Gasteiger partial charge in [0, 0.05) is 68.4 Å². The topological polar surface area (TPSA) is 84.2 Å². The quantitative estimate of drug-likeness (QED) is 0.212. The van der Waals surface area contributed by atoms with E-state index in [1.54, 1.807) is 46.5 Å². The Labute approximate surface area is 263 Å². The Balaban J connectivity index is 1.35. The number of carbonyl (C=O) groups excluding carboxylic acids is 2. The molecule has 2 aromatic heterocycles. The summed E-state index contributed by atoms with van der Waals surface area (Å²) in [6, 6.07) is 25.4. The third-order valence-electron chi connectivity index (χ3n) is 8.50. The van der Waals surface area contributed by atoms with Gasteiger partial charge in [-0.3, -0.25) is 24.2 Å². The van der Waals surface area contributed by atoms with Crippen LogP contribution in [0.15, 0.2) is 110 Å². The van der Waals surface area contributed by atoms with Crippen LogP contribution in [0.5, 0.6) is 0 Å². The Kier molecular flexibility index (Phi) is 8.91. The van der Waals surface area contributed by atoms with Crippen LogP contribution < -0.4 is 0 Å². The molecule has 2 amide bonds. The van der Waals surface area contributed by atoms with Crippen LogP contribution in [0, 0.1) is 6.92 Å². The molecule has 0 aliphatic carbocycles. The molecule has 6 rings (SSSR count). The number of aryl methyl sites for hydroxylation is 1. The van der Waals surface area contributed by atoms with Crippen LogP contribution in [0.3, 0.4) is 0 Å². The molecule has 0 bridgehead atoms. The van der Waals surface area contributed by atoms with E-state index >= 15 is 0 Å². The van der Waals surface area contributed by atoms with Gasteiger partial charge in [0.1, 0.15) is 6.04 Å². The summed E-state index contributed by atoms with van der Waals surface area (Å²) in [6.45, 7) is 3.37. The number of aromatic nitrogens is 4. The van der Waals surface area contributed by atoms with Gasteiger partial charge in [0.15, 0.2) is 0 Å². The first-order valence-corrected chi connectivity index (χ1v) is 15.2. The predicted molar refractivity (Wildman–Crippen MR) is 174 cm³/mol. The van der Waals surface area contributed by atoms with Crippen LogP contribution >= 0.6 is 0 Å². The van der Waals surface area contributed by atoms with Gasteiger partial charge in [-0.15, -0.1) is 0 Å². The maximum atomic E-state index is 14.5. The van der Waals surface area contributed by atoms with Gasteiger partial charge in [-0.25, -0.2) is 0 Å². The first kappa shape index (κ1) is 29.7. The summed E-state index contributed by atoms with van der Waals surface area (Å²) in [5.41, 5.74) is 7.85. The van der Waals surface area contributed by atoms with E-state index in [0.717, 1.165) is 45.6 Å². The molecule has 1 aliphatic rings. The van der Waals surface area contributed by atoms with Crippen molar-refractivity contribution in [3.63, 3.8) is 0 Å². The highest BCUT2D eigenvalue weighted by molar-refractivity contribution is 5.96. The van der Waals surface area contributed by atoms with E-state index in [-0.39, 0.29) is 18.4 Å². The number of hydrogen-bond donors (Lipinski definition) is 0. The minimum Gasteiger partial charge on any atom is -0.336 e. The number of rotatable bonds is 9. The summed E-state index contributed by atoms with van der Waals surface area (Å²) >= 11 is 0. The second kappa shape index (κ2) is 13.5. The van der Waals surface area contributed by atoms with Gasteiger partial charge in [0.05, 0.1) is 18.1 Å². The molecule has 0 unspecified atom stereocenters. The lowest BCUT2D eigenvalue weighted by molar-refractivity contribution is -0.144. The van der Waals surface area contributed by atoms with Crippen molar-refractivity contribution in [1.82, 2.24) is 29.5 Å². The Bertz CT molecular complexity index is 1800. The summed E-state index contributed by atoms with van der Waals surface area (Å²) in [4.78, 5) is 40.9. The molecule has 0 fully saturated rings. The Hall–Kier alpha value is -5.37. The highest BCUT2D eigenvalue weighted by Crippen LogP contribution is 2.24. The zero-order valence-electron chi connectivity index (χ0n) is 25.6. The molecule has 0 saturated carbocycles. The molecule has 3 heterocycles. The fourth-order valence-corrected chi connectivity index (χ4v) is 5.77. The summed E-state index contributed by atoms with van der Waals surface area (Å²) in [6.07, 6.45) is 11.3. The highest BCUT2D eigenvalue weighted by atomic mass is 16.2. The monoisotopic (exact) mass is 596 g/mol. The number of carbonyl (C=O) groups is 2. The third kappa shape index (κ3) is 6.91. The minimum absolute atomic E-state index is 0.0520. The minimum atomic E-state index is -0.704. The SMILES string of the molecule is Cc1c(/C=C/C(=O)N(Cc2ccc(-c3cnccn3)cc2)[C@@H](Cc2ccccc2)C(=O)N2CCc3ccccc3C2)cnn1C. The Morgan fingerprint density at radius 1 is 0.911 bits per heavy atom. The zero-order valence-corrected chi connectivity index (χ0v) is 25.6. The molecule has 0 N–H and O–H groups in total. The fourth-order valence-electron chi connectivity index (χ4n) is 5.77. The summed E-state index contributed by atoms with van der Waals surface area (Å²) in [5.74, 6) is -0.285. The number of hydrogen-bond acceptors (Lipinski definition) is 5. The van der Waals surface area contributed by atoms with Crippen molar-refractivity contribution in [1.29, 1.82) is 0 Å². The van der Waals surface area contributed by atoms with E-state index < -0.39 is 6.04 Å². The van der Waals surface area contributed by atoms with Crippen LogP contribution in [-0.2, 0) is 42.6 Å². The standard InChI is InChI=1S/C37H36N6O2/c1-27-32(23-40-41(27)2)16-17-36(44)43(25-29-12-14-31(15-13-29)34-24-38-19-20-39-34)35(22-28-8-4-3-5-9-28)37(45)42-21-18-30-10-6-7-11-33(30)26-42/h3-17,19-20,23-24,35H,18,21-22,25-26H2,1-2H3/b17-16+/t35-/m0/s1. The average molecular weight is 597 g/mol. The number of fused-ring (bicyclic) bond motifs is 1. The third-order valence-corrected chi connectivity index (χ3v) is 8.50. The Morgan fingerprint density at radius 3 is 2.38 bits per heavy atom. The second-order valence-corrected chi connectivity index (χ2v) is 11.4. The first-order valence-electron chi connectivity index (χ1n) is 15.2. The predicted octanol–water partition coefficient (Wildman–Crippen LogP) is 5.42. The van der Waals surface area contributed by atoms with E-state index in [9.17, 15) is 9.59 Å². The molecule has 226 valence electrons. The number of amides is 2. The maximum absolute atomic E-state index is 14.5. The van der Waals surface area contributed by atoms with Gasteiger partial charge in [-0.05, 0) is 41.7 Å². The van der Waals surface area contributed by atoms with Crippen molar-refractivity contribution < 1.29 is 9.59 Å². The van der Waals surface area contributed by atoms with Crippen molar-refractivity contribution in [2.24, 2.45) is 7.05 Å². The molecule has 3 aromatic carbocycles. The largest absolute Gasteiger partial charge is 0.336 e. The lowest BCUT2D eigenvalue weighted by Gasteiger charge is -2.37. The number of nitrogens with zero attached hydrogens (tertiary/aromatic N) is 6. The van der Waals surface area contributed by atoms with Crippen LogP contribution in [-0.4, -0.2) is 53.9 Å². The maximum Gasteiger partial charge on any atom is 0.247 e. The van der Waals surface area contributed by atoms with E-state index in [4.69, 9.17) is 0 Å². The zero-order chi connectivity index (χ0) is 31.2. The molecule has 0 saturated heterocycles. The van der Waals surface area contributed by atoms with E-state index in [2.05, 4.69) is 27.2 Å². The van der Waals surface area contributed by atoms with Crippen molar-refractivity contribution in [3.05, 3.63) is 143 Å². The Morgan fingerprint density at radius 2 is 1.67 bits per heavy atom. The molecule has 5 aromatic rings. The van der Waals surface area contributed by atoms with Crippen LogP contribution in [0.25, 0.3) is 17.3 Å². The smallest absolute Gasteiger partial charge is 0.247 e. The molecule has 0 radical (unpaired) electrons. The molecular formula is C37H36N6O2. The van der Waals surface area contributed by atoms with Gasteiger partial charge in [0.2, 0.25) is 11.8 Å². The summed E-state index contributed by atoms with van der Waals surface area (Å²) in [7, 11) is 1.87. The van der Waals surface area contributed by atoms with Gasteiger partial charge in [-0.1, -0.05) is 78.9 Å². The van der Waals surface area contributed by atoms with Crippen LogP contribution in [0.2, 0.25) is 0 Å². The van der Waals surface area contributed by atoms with Crippen LogP contribution in [0.1, 0.15) is 33.5 Å². The van der Waals surface area contributed by atoms with Gasteiger partial charge in [-0.2, -0.15) is 5.10 Å². The van der Waals surface area contributed by atoms with E-state index in [1.807, 2.05) is 85.6 Å². The molecule has 45 heavy (non-hydrogen) atoms. The van der Waals surface area contributed by atoms with Gasteiger partial charge >= 0.3 is 0 Å². The average Bonchev–Trinajstić information content (AvgIpc) is 3.41. The molecular weight excluding hydrogens is 560 g/mol. The van der Waals surface area contributed by atoms with Crippen molar-refractivity contribution in [2.75, 3.05) is 6.54 Å². The van der Waals surface area contributed by atoms with Crippen LogP contribution in [0.4, 0.5) is 0 Å². The lowest BCUT2D eigenvalue weighted by atomic mass is 9.97. The second-order valence-electron chi connectivity index (χ2n) is 11.4. The van der Waals surface area contributed by atoms with Crippen molar-refractivity contribution >= 4 is 17.9 Å². The molecule has 0 spiro atoms. The van der Waals surface area contributed by atoms with E-state index in [1.165, 1.54) is 5.56 Å². The van der Waals surface area contributed by atoms with E-state index in [0.29, 0.717) is 19.5 Å². The molecule has 1 atom stereocenters. The molecule has 8 heteroatoms. The lowest BCUT2D eigenvalue weighted by Crippen LogP contribution is -2.52. The first-order chi connectivity index (χ1) is 22.0.